The van der Waals surface area contributed by atoms with Gasteiger partial charge in [0.05, 0.1) is 24.1 Å². The van der Waals surface area contributed by atoms with E-state index in [4.69, 9.17) is 30.4 Å². The van der Waals surface area contributed by atoms with Crippen molar-refractivity contribution in [1.82, 2.24) is 10.3 Å². The minimum Gasteiger partial charge on any atom is -0.490 e. The van der Waals surface area contributed by atoms with Crippen LogP contribution in [0.4, 0.5) is 24.5 Å². The standard InChI is InChI=1S/C29H34N6O5S.C2HF3O2/c1-4-39-27-16-22(9-11-26(27)40-19(2)3)28(35(30)25-10-8-23-18-32-13-12-21(23)15-25)29(36)33-17-20-6-5-7-24(14-20)34-41(31,37)38;3-2(4,5)1(6)7/h5-16,18-19,28,34H,4,17,30H2,1-3H3,(H,33,36)(H2,31,37,38);(H,6,7). The first-order valence-corrected chi connectivity index (χ1v) is 15.8. The van der Waals surface area contributed by atoms with Gasteiger partial charge in [0.15, 0.2) is 11.5 Å². The Morgan fingerprint density at radius 3 is 2.35 bits per heavy atom. The minimum atomic E-state index is -5.08. The quantitative estimate of drug-likeness (QED) is 0.105. The van der Waals surface area contributed by atoms with Gasteiger partial charge in [-0.15, -0.1) is 0 Å². The number of hydrogen-bond donors (Lipinski definition) is 5. The molecule has 7 N–H and O–H groups in total. The maximum atomic E-state index is 13.8. The summed E-state index contributed by atoms with van der Waals surface area (Å²) in [5.74, 6) is 4.58. The highest BCUT2D eigenvalue weighted by Crippen LogP contribution is 2.35. The molecular weight excluding hydrogens is 657 g/mol. The molecule has 1 heterocycles. The van der Waals surface area contributed by atoms with E-state index in [9.17, 15) is 26.4 Å². The first kappa shape index (κ1) is 37.3. The Kier molecular flexibility index (Phi) is 12.5. The van der Waals surface area contributed by atoms with Crippen molar-refractivity contribution in [3.05, 3.63) is 90.3 Å². The van der Waals surface area contributed by atoms with E-state index in [1.165, 1.54) is 5.01 Å². The summed E-state index contributed by atoms with van der Waals surface area (Å²) in [5, 5.41) is 18.4. The summed E-state index contributed by atoms with van der Waals surface area (Å²) >= 11 is 0. The molecule has 1 aromatic heterocycles. The monoisotopic (exact) mass is 692 g/mol. The number of anilines is 2. The number of aliphatic carboxylic acids is 1. The number of benzene rings is 3. The second-order valence-electron chi connectivity index (χ2n) is 10.4. The van der Waals surface area contributed by atoms with Gasteiger partial charge in [0.25, 0.3) is 10.2 Å². The number of carboxylic acid groups (broad SMARTS) is 1. The normalized spacial score (nSPS) is 12.0. The zero-order valence-corrected chi connectivity index (χ0v) is 26.9. The number of aromatic nitrogens is 1. The van der Waals surface area contributed by atoms with E-state index in [0.717, 1.165) is 10.8 Å². The molecule has 0 radical (unpaired) electrons. The Labute approximate surface area is 274 Å². The zero-order chi connectivity index (χ0) is 35.6. The van der Waals surface area contributed by atoms with E-state index in [2.05, 4.69) is 15.0 Å². The second-order valence-corrected chi connectivity index (χ2v) is 11.7. The van der Waals surface area contributed by atoms with Crippen molar-refractivity contribution >= 4 is 44.2 Å². The molecule has 4 aromatic rings. The van der Waals surface area contributed by atoms with Crippen molar-refractivity contribution in [3.8, 4) is 11.5 Å². The van der Waals surface area contributed by atoms with Crippen LogP contribution in [0, 0.1) is 0 Å². The third-order valence-electron chi connectivity index (χ3n) is 6.29. The highest BCUT2D eigenvalue weighted by atomic mass is 32.2. The smallest absolute Gasteiger partial charge is 0.490 e. The number of nitrogens with zero attached hydrogens (tertiary/aromatic N) is 2. The average Bonchev–Trinajstić information content (AvgIpc) is 3.00. The van der Waals surface area contributed by atoms with Crippen molar-refractivity contribution in [2.45, 2.75) is 45.6 Å². The molecule has 258 valence electrons. The number of ether oxygens (including phenoxy) is 2. The lowest BCUT2D eigenvalue weighted by Gasteiger charge is -2.29. The van der Waals surface area contributed by atoms with Gasteiger partial charge in [0, 0.05) is 24.3 Å². The van der Waals surface area contributed by atoms with Gasteiger partial charge in [-0.3, -0.25) is 19.5 Å². The minimum absolute atomic E-state index is 0.0724. The van der Waals surface area contributed by atoms with Gasteiger partial charge >= 0.3 is 12.1 Å². The Bertz CT molecular complexity index is 1840. The molecule has 0 saturated carbocycles. The number of fused-ring (bicyclic) bond motifs is 1. The van der Waals surface area contributed by atoms with Crippen LogP contribution in [0.1, 0.15) is 37.9 Å². The summed E-state index contributed by atoms with van der Waals surface area (Å²) in [6.07, 6.45) is -1.71. The summed E-state index contributed by atoms with van der Waals surface area (Å²) in [6.45, 7) is 6.23. The average molecular weight is 693 g/mol. The van der Waals surface area contributed by atoms with E-state index >= 15 is 0 Å². The van der Waals surface area contributed by atoms with Crippen LogP contribution >= 0.6 is 0 Å². The summed E-state index contributed by atoms with van der Waals surface area (Å²) in [7, 11) is -3.94. The number of hydrogen-bond acceptors (Lipinski definition) is 9. The van der Waals surface area contributed by atoms with Gasteiger partial charge < -0.3 is 19.9 Å². The number of carbonyl (C=O) groups excluding carboxylic acids is 1. The lowest BCUT2D eigenvalue weighted by atomic mass is 10.0. The molecule has 0 aliphatic carbocycles. The molecule has 48 heavy (non-hydrogen) atoms. The molecule has 1 amide bonds. The number of alkyl halides is 3. The Balaban J connectivity index is 0.000000804. The van der Waals surface area contributed by atoms with E-state index in [1.54, 1.807) is 54.9 Å². The molecule has 3 aromatic carbocycles. The number of halogens is 3. The number of carbonyl (C=O) groups is 2. The van der Waals surface area contributed by atoms with Crippen LogP contribution in [0.2, 0.25) is 0 Å². The van der Waals surface area contributed by atoms with Gasteiger partial charge in [-0.2, -0.15) is 21.6 Å². The SMILES string of the molecule is CCOc1cc(C(C(=O)NCc2cccc(NS(N)(=O)=O)c2)N(N)c2ccc3cnccc3c2)ccc1OC(C)C.O=C(O)C(F)(F)F. The molecule has 0 spiro atoms. The number of hydrazine groups is 1. The summed E-state index contributed by atoms with van der Waals surface area (Å²) < 4.78 is 68.6. The van der Waals surface area contributed by atoms with Crippen molar-refractivity contribution < 1.29 is 45.8 Å². The van der Waals surface area contributed by atoms with Crippen LogP contribution in [-0.2, 0) is 26.3 Å². The molecule has 0 fully saturated rings. The molecule has 0 saturated heterocycles. The largest absolute Gasteiger partial charge is 0.490 e. The van der Waals surface area contributed by atoms with Gasteiger partial charge in [-0.05, 0) is 79.7 Å². The number of amides is 1. The van der Waals surface area contributed by atoms with E-state index in [0.29, 0.717) is 34.9 Å². The van der Waals surface area contributed by atoms with Crippen LogP contribution in [0.3, 0.4) is 0 Å². The van der Waals surface area contributed by atoms with Crippen LogP contribution in [-0.4, -0.2) is 49.3 Å². The van der Waals surface area contributed by atoms with E-state index in [1.807, 2.05) is 45.0 Å². The number of carboxylic acids is 1. The van der Waals surface area contributed by atoms with Crippen LogP contribution in [0.15, 0.2) is 79.1 Å². The molecule has 4 rings (SSSR count). The highest BCUT2D eigenvalue weighted by molar-refractivity contribution is 7.90. The Morgan fingerprint density at radius 1 is 1.02 bits per heavy atom. The molecule has 1 atom stereocenters. The van der Waals surface area contributed by atoms with Gasteiger partial charge in [-0.1, -0.05) is 24.3 Å². The molecular formula is C31H35F3N6O7S. The predicted molar refractivity (Wildman–Crippen MR) is 173 cm³/mol. The summed E-state index contributed by atoms with van der Waals surface area (Å²) in [4.78, 5) is 26.8. The Morgan fingerprint density at radius 2 is 1.73 bits per heavy atom. The maximum absolute atomic E-state index is 13.8. The van der Waals surface area contributed by atoms with Crippen LogP contribution in [0.25, 0.3) is 10.8 Å². The number of pyridine rings is 1. The lowest BCUT2D eigenvalue weighted by molar-refractivity contribution is -0.192. The van der Waals surface area contributed by atoms with Crippen LogP contribution in [0.5, 0.6) is 11.5 Å². The Hall–Kier alpha value is -5.13. The third-order valence-corrected chi connectivity index (χ3v) is 6.81. The van der Waals surface area contributed by atoms with Crippen molar-refractivity contribution in [1.29, 1.82) is 0 Å². The van der Waals surface area contributed by atoms with E-state index < -0.39 is 28.4 Å². The van der Waals surface area contributed by atoms with Crippen molar-refractivity contribution in [2.24, 2.45) is 11.0 Å². The molecule has 13 nitrogen and oxygen atoms in total. The fraction of sp³-hybridized carbons (Fsp3) is 0.258. The zero-order valence-electron chi connectivity index (χ0n) is 26.1. The molecule has 17 heteroatoms. The van der Waals surface area contributed by atoms with Crippen molar-refractivity contribution in [2.75, 3.05) is 16.3 Å². The summed E-state index contributed by atoms with van der Waals surface area (Å²) in [6, 6.07) is 18.4. The topological polar surface area (TPSA) is 199 Å². The first-order chi connectivity index (χ1) is 22.5. The number of nitrogens with two attached hydrogens (primary N) is 2. The summed E-state index contributed by atoms with van der Waals surface area (Å²) in [5.41, 5.74) is 2.14. The maximum Gasteiger partial charge on any atom is 0.490 e. The van der Waals surface area contributed by atoms with Gasteiger partial charge in [0.1, 0.15) is 6.04 Å². The lowest BCUT2D eigenvalue weighted by Crippen LogP contribution is -2.44. The highest BCUT2D eigenvalue weighted by Gasteiger charge is 2.38. The molecule has 1 unspecified atom stereocenters. The second kappa shape index (κ2) is 16.1. The van der Waals surface area contributed by atoms with Crippen molar-refractivity contribution in [3.63, 3.8) is 0 Å². The molecule has 0 aliphatic rings. The fourth-order valence-corrected chi connectivity index (χ4v) is 4.78. The van der Waals surface area contributed by atoms with Gasteiger partial charge in [0.2, 0.25) is 5.91 Å². The fourth-order valence-electron chi connectivity index (χ4n) is 4.33. The number of rotatable bonds is 12. The van der Waals surface area contributed by atoms with Gasteiger partial charge in [-0.25, -0.2) is 15.8 Å². The molecule has 0 aliphatic heterocycles. The predicted octanol–water partition coefficient (Wildman–Crippen LogP) is 4.41. The number of nitrogens with one attached hydrogen (secondary N) is 2. The van der Waals surface area contributed by atoms with E-state index in [-0.39, 0.29) is 24.2 Å². The third kappa shape index (κ3) is 11.0. The van der Waals surface area contributed by atoms with Crippen LogP contribution < -0.4 is 35.5 Å². The molecule has 0 bridgehead atoms. The first-order valence-electron chi connectivity index (χ1n) is 14.3.